The number of halogens is 1. The third-order valence-corrected chi connectivity index (χ3v) is 5.14. The Labute approximate surface area is 149 Å². The summed E-state index contributed by atoms with van der Waals surface area (Å²) in [6.45, 7) is 9.25. The monoisotopic (exact) mass is 350 g/mol. The summed E-state index contributed by atoms with van der Waals surface area (Å²) in [5, 5.41) is 7.53. The molecule has 0 spiro atoms. The van der Waals surface area contributed by atoms with Gasteiger partial charge >= 0.3 is 0 Å². The van der Waals surface area contributed by atoms with Crippen molar-refractivity contribution in [3.63, 3.8) is 0 Å². The maximum atomic E-state index is 12.3. The van der Waals surface area contributed by atoms with Crippen LogP contribution in [0, 0.1) is 19.3 Å². The van der Waals surface area contributed by atoms with Gasteiger partial charge in [0.15, 0.2) is 0 Å². The van der Waals surface area contributed by atoms with Crippen LogP contribution in [0.25, 0.3) is 11.0 Å². The first-order chi connectivity index (χ1) is 11.0. The summed E-state index contributed by atoms with van der Waals surface area (Å²) in [5.41, 5.74) is 4.48. The van der Waals surface area contributed by atoms with Crippen molar-refractivity contribution in [2.45, 2.75) is 40.0 Å². The van der Waals surface area contributed by atoms with E-state index in [-0.39, 0.29) is 23.7 Å². The Hall–Kier alpha value is -1.52. The highest BCUT2D eigenvalue weighted by atomic mass is 35.5. The second-order valence-corrected chi connectivity index (χ2v) is 7.21. The van der Waals surface area contributed by atoms with Gasteiger partial charge in [-0.25, -0.2) is 0 Å². The Morgan fingerprint density at radius 2 is 1.92 bits per heavy atom. The van der Waals surface area contributed by atoms with Crippen LogP contribution in [-0.2, 0) is 11.2 Å². The fourth-order valence-electron chi connectivity index (χ4n) is 3.23. The lowest BCUT2D eigenvalue weighted by Gasteiger charge is -2.34. The van der Waals surface area contributed by atoms with E-state index in [0.717, 1.165) is 49.0 Å². The molecular formula is C19H27ClN2O2. The number of nitrogens with one attached hydrogen (secondary N) is 2. The van der Waals surface area contributed by atoms with Crippen molar-refractivity contribution in [1.29, 1.82) is 0 Å². The molecule has 1 fully saturated rings. The Balaban J connectivity index is 0.00000208. The molecule has 1 aliphatic heterocycles. The molecule has 2 aromatic rings. The number of rotatable bonds is 4. The van der Waals surface area contributed by atoms with Crippen LogP contribution in [0.15, 0.2) is 22.8 Å². The van der Waals surface area contributed by atoms with Gasteiger partial charge in [0.1, 0.15) is 5.58 Å². The van der Waals surface area contributed by atoms with Crippen molar-refractivity contribution < 1.29 is 9.21 Å². The molecule has 0 atom stereocenters. The predicted molar refractivity (Wildman–Crippen MR) is 99.9 cm³/mol. The molecule has 1 aliphatic rings. The van der Waals surface area contributed by atoms with Crippen LogP contribution in [0.1, 0.15) is 36.5 Å². The van der Waals surface area contributed by atoms with Crippen LogP contribution < -0.4 is 10.6 Å². The molecule has 3 rings (SSSR count). The number of aryl methyl sites for hydroxylation is 2. The van der Waals surface area contributed by atoms with E-state index in [4.69, 9.17) is 4.42 Å². The van der Waals surface area contributed by atoms with Gasteiger partial charge in [0.25, 0.3) is 0 Å². The van der Waals surface area contributed by atoms with E-state index in [1.807, 2.05) is 6.07 Å². The zero-order valence-corrected chi connectivity index (χ0v) is 15.5. The molecule has 132 valence electrons. The summed E-state index contributed by atoms with van der Waals surface area (Å²) in [6, 6.07) is 4.16. The van der Waals surface area contributed by atoms with Crippen LogP contribution in [0.5, 0.6) is 0 Å². The molecule has 0 radical (unpaired) electrons. The van der Waals surface area contributed by atoms with Crippen LogP contribution >= 0.6 is 12.4 Å². The molecule has 5 heteroatoms. The minimum Gasteiger partial charge on any atom is -0.464 e. The maximum absolute atomic E-state index is 12.3. The number of hydrogen-bond donors (Lipinski definition) is 2. The average Bonchev–Trinajstić information content (AvgIpc) is 2.89. The Morgan fingerprint density at radius 3 is 2.62 bits per heavy atom. The van der Waals surface area contributed by atoms with E-state index in [9.17, 15) is 4.79 Å². The second-order valence-electron chi connectivity index (χ2n) is 7.21. The van der Waals surface area contributed by atoms with Crippen molar-refractivity contribution >= 4 is 29.3 Å². The minimum absolute atomic E-state index is 0. The fraction of sp³-hybridized carbons (Fsp3) is 0.526. The van der Waals surface area contributed by atoms with Crippen molar-refractivity contribution in [3.8, 4) is 0 Å². The molecule has 2 heterocycles. The van der Waals surface area contributed by atoms with Crippen LogP contribution in [0.2, 0.25) is 0 Å². The number of hydrogen-bond acceptors (Lipinski definition) is 3. The quantitative estimate of drug-likeness (QED) is 0.887. The lowest BCUT2D eigenvalue weighted by molar-refractivity contribution is -0.121. The molecule has 0 saturated carbocycles. The van der Waals surface area contributed by atoms with E-state index in [1.165, 1.54) is 11.1 Å². The standard InChI is InChI=1S/C19H26N2O2.ClH/c1-13-8-16-15(11-23-17(16)9-14(13)2)10-18(22)21-12-19(3)4-6-20-7-5-19;/h8-9,11,20H,4-7,10,12H2,1-3H3,(H,21,22);1H. The molecule has 4 nitrogen and oxygen atoms in total. The molecule has 24 heavy (non-hydrogen) atoms. The number of piperidine rings is 1. The minimum atomic E-state index is 0. The van der Waals surface area contributed by atoms with E-state index in [0.29, 0.717) is 6.42 Å². The van der Waals surface area contributed by atoms with Gasteiger partial charge < -0.3 is 15.1 Å². The summed E-state index contributed by atoms with van der Waals surface area (Å²) in [6.07, 6.45) is 4.32. The van der Waals surface area contributed by atoms with E-state index >= 15 is 0 Å². The summed E-state index contributed by atoms with van der Waals surface area (Å²) in [7, 11) is 0. The van der Waals surface area contributed by atoms with Gasteiger partial charge in [-0.2, -0.15) is 0 Å². The third-order valence-electron chi connectivity index (χ3n) is 5.14. The highest BCUT2D eigenvalue weighted by Gasteiger charge is 2.27. The largest absolute Gasteiger partial charge is 0.464 e. The van der Waals surface area contributed by atoms with E-state index in [1.54, 1.807) is 6.26 Å². The fourth-order valence-corrected chi connectivity index (χ4v) is 3.23. The topological polar surface area (TPSA) is 54.3 Å². The normalized spacial score (nSPS) is 16.6. The molecular weight excluding hydrogens is 324 g/mol. The highest BCUT2D eigenvalue weighted by molar-refractivity contribution is 5.88. The second kappa shape index (κ2) is 7.58. The van der Waals surface area contributed by atoms with Crippen molar-refractivity contribution in [2.24, 2.45) is 5.41 Å². The first-order valence-corrected chi connectivity index (χ1v) is 8.42. The van der Waals surface area contributed by atoms with Gasteiger partial charge in [-0.1, -0.05) is 6.92 Å². The number of carbonyl (C=O) groups excluding carboxylic acids is 1. The maximum Gasteiger partial charge on any atom is 0.224 e. The van der Waals surface area contributed by atoms with Crippen LogP contribution in [-0.4, -0.2) is 25.5 Å². The number of carbonyl (C=O) groups is 1. The predicted octanol–water partition coefficient (Wildman–Crippen LogP) is 3.52. The SMILES string of the molecule is Cc1cc2occ(CC(=O)NCC3(C)CCNCC3)c2cc1C.Cl. The van der Waals surface area contributed by atoms with Gasteiger partial charge in [-0.15, -0.1) is 12.4 Å². The summed E-state index contributed by atoms with van der Waals surface area (Å²) >= 11 is 0. The van der Waals surface area contributed by atoms with Crippen molar-refractivity contribution in [3.05, 3.63) is 35.1 Å². The van der Waals surface area contributed by atoms with Crippen molar-refractivity contribution in [1.82, 2.24) is 10.6 Å². The summed E-state index contributed by atoms with van der Waals surface area (Å²) < 4.78 is 5.61. The molecule has 0 bridgehead atoms. The Bertz CT molecular complexity index is 717. The zero-order chi connectivity index (χ0) is 16.4. The van der Waals surface area contributed by atoms with Crippen molar-refractivity contribution in [2.75, 3.05) is 19.6 Å². The van der Waals surface area contributed by atoms with Gasteiger partial charge in [0, 0.05) is 17.5 Å². The molecule has 1 saturated heterocycles. The zero-order valence-electron chi connectivity index (χ0n) is 14.7. The summed E-state index contributed by atoms with van der Waals surface area (Å²) in [5.74, 6) is 0.0747. The Kier molecular flexibility index (Phi) is 5.94. The number of benzene rings is 1. The Morgan fingerprint density at radius 1 is 1.25 bits per heavy atom. The smallest absolute Gasteiger partial charge is 0.224 e. The summed E-state index contributed by atoms with van der Waals surface area (Å²) in [4.78, 5) is 12.3. The van der Waals surface area contributed by atoms with E-state index < -0.39 is 0 Å². The molecule has 0 unspecified atom stereocenters. The molecule has 0 aliphatic carbocycles. The van der Waals surface area contributed by atoms with Crippen LogP contribution in [0.4, 0.5) is 0 Å². The average molecular weight is 351 g/mol. The van der Waals surface area contributed by atoms with Gasteiger partial charge in [-0.3, -0.25) is 4.79 Å². The first kappa shape index (κ1) is 18.8. The number of amides is 1. The number of fused-ring (bicyclic) bond motifs is 1. The van der Waals surface area contributed by atoms with Crippen LogP contribution in [0.3, 0.4) is 0 Å². The molecule has 2 N–H and O–H groups in total. The van der Waals surface area contributed by atoms with Gasteiger partial charge in [0.2, 0.25) is 5.91 Å². The highest BCUT2D eigenvalue weighted by Crippen LogP contribution is 2.27. The third kappa shape index (κ3) is 4.11. The van der Waals surface area contributed by atoms with Gasteiger partial charge in [-0.05, 0) is 68.5 Å². The molecule has 1 aromatic carbocycles. The molecule has 1 amide bonds. The van der Waals surface area contributed by atoms with E-state index in [2.05, 4.69) is 37.5 Å². The lowest BCUT2D eigenvalue weighted by Crippen LogP contribution is -2.43. The first-order valence-electron chi connectivity index (χ1n) is 8.42. The van der Waals surface area contributed by atoms with Gasteiger partial charge in [0.05, 0.1) is 12.7 Å². The number of furan rings is 1. The molecule has 1 aromatic heterocycles. The lowest BCUT2D eigenvalue weighted by atomic mass is 9.81.